The molecule has 1 aliphatic carbocycles. The monoisotopic (exact) mass is 772 g/mol. The number of nitrogens with zero attached hydrogens (tertiary/aromatic N) is 1. The van der Waals surface area contributed by atoms with Crippen molar-refractivity contribution < 1.29 is 24.0 Å². The van der Waals surface area contributed by atoms with Crippen LogP contribution in [-0.2, 0) is 36.8 Å². The number of benzene rings is 2. The van der Waals surface area contributed by atoms with Crippen molar-refractivity contribution >= 4 is 29.4 Å². The molecule has 0 spiro atoms. The lowest BCUT2D eigenvalue weighted by molar-refractivity contribution is -0.135. The molecule has 10 nitrogen and oxygen atoms in total. The summed E-state index contributed by atoms with van der Waals surface area (Å²) in [5.74, 6) is -1.25. The Labute approximate surface area is 336 Å². The molecule has 2 fully saturated rings. The molecule has 4 atom stereocenters. The number of nitrogens with one attached hydrogen (secondary N) is 4. The van der Waals surface area contributed by atoms with Crippen LogP contribution < -0.4 is 21.3 Å². The van der Waals surface area contributed by atoms with E-state index in [1.54, 1.807) is 0 Å². The summed E-state index contributed by atoms with van der Waals surface area (Å²) >= 11 is 0. The molecule has 0 radical (unpaired) electrons. The number of unbranched alkanes of at least 4 members (excludes halogenated alkanes) is 2. The number of hydrogen-bond donors (Lipinski definition) is 4. The van der Waals surface area contributed by atoms with Crippen molar-refractivity contribution in [1.29, 1.82) is 0 Å². The number of carbonyl (C=O) groups excluding carboxylic acids is 5. The number of likely N-dealkylation sites (tertiary alicyclic amines) is 1. The van der Waals surface area contributed by atoms with Crippen molar-refractivity contribution in [2.24, 2.45) is 17.3 Å². The lowest BCUT2D eigenvalue weighted by Gasteiger charge is -2.28. The van der Waals surface area contributed by atoms with Crippen LogP contribution in [0.5, 0.6) is 0 Å². The van der Waals surface area contributed by atoms with Crippen molar-refractivity contribution in [3.63, 3.8) is 0 Å². The minimum atomic E-state index is -0.977. The van der Waals surface area contributed by atoms with Crippen molar-refractivity contribution in [2.45, 2.75) is 149 Å². The van der Waals surface area contributed by atoms with Gasteiger partial charge in [-0.15, -0.1) is 0 Å². The predicted octanol–water partition coefficient (Wildman–Crippen LogP) is 6.31. The van der Waals surface area contributed by atoms with Crippen LogP contribution in [0.25, 0.3) is 0 Å². The first kappa shape index (κ1) is 44.7. The van der Waals surface area contributed by atoms with E-state index in [2.05, 4.69) is 26.2 Å². The van der Waals surface area contributed by atoms with Gasteiger partial charge in [0, 0.05) is 18.3 Å². The van der Waals surface area contributed by atoms with Crippen LogP contribution in [0.15, 0.2) is 60.7 Å². The van der Waals surface area contributed by atoms with E-state index in [0.29, 0.717) is 32.1 Å². The van der Waals surface area contributed by atoms with E-state index in [1.165, 1.54) is 19.3 Å². The second kappa shape index (κ2) is 22.6. The Kier molecular flexibility index (Phi) is 18.0. The fraction of sp³-hybridized carbons (Fsp3) is 0.630. The predicted molar refractivity (Wildman–Crippen MR) is 223 cm³/mol. The average molecular weight is 772 g/mol. The summed E-state index contributed by atoms with van der Waals surface area (Å²) in [6.45, 7) is 13.3. The van der Waals surface area contributed by atoms with E-state index < -0.39 is 47.3 Å². The zero-order valence-corrected chi connectivity index (χ0v) is 34.7. The molecule has 1 saturated carbocycles. The Morgan fingerprint density at radius 1 is 0.625 bits per heavy atom. The van der Waals surface area contributed by atoms with Gasteiger partial charge in [0.25, 0.3) is 0 Å². The summed E-state index contributed by atoms with van der Waals surface area (Å²) in [7, 11) is 0. The number of carbonyl (C=O) groups is 5. The molecule has 2 aromatic carbocycles. The number of piperidine rings is 1. The van der Waals surface area contributed by atoms with Gasteiger partial charge in [-0.05, 0) is 107 Å². The lowest BCUT2D eigenvalue weighted by atomic mass is 9.91. The minimum absolute atomic E-state index is 0.0373. The largest absolute Gasteiger partial charge is 0.344 e. The number of aryl methyl sites for hydroxylation is 1. The quantitative estimate of drug-likeness (QED) is 0.0925. The van der Waals surface area contributed by atoms with Gasteiger partial charge in [-0.3, -0.25) is 24.0 Å². The molecular formula is C46H69N5O5. The zero-order chi connectivity index (χ0) is 40.5. The summed E-state index contributed by atoms with van der Waals surface area (Å²) in [6, 6.07) is 15.9. The number of ketones is 1. The van der Waals surface area contributed by atoms with Crippen LogP contribution in [0.4, 0.5) is 0 Å². The molecular weight excluding hydrogens is 703 g/mol. The summed E-state index contributed by atoms with van der Waals surface area (Å²) in [5, 5.41) is 11.9. The summed E-state index contributed by atoms with van der Waals surface area (Å²) in [4.78, 5) is 71.5. The Hall–Kier alpha value is -4.05. The third kappa shape index (κ3) is 15.5. The van der Waals surface area contributed by atoms with Crippen LogP contribution >= 0.6 is 0 Å². The molecule has 1 aliphatic heterocycles. The van der Waals surface area contributed by atoms with Gasteiger partial charge >= 0.3 is 0 Å². The highest BCUT2D eigenvalue weighted by Crippen LogP contribution is 2.47. The first-order valence-electron chi connectivity index (χ1n) is 21.4. The first-order chi connectivity index (χ1) is 26.8. The molecule has 56 heavy (non-hydrogen) atoms. The Bertz CT molecular complexity index is 1540. The molecule has 4 rings (SSSR count). The molecule has 4 amide bonds. The smallest absolute Gasteiger partial charge is 0.243 e. The topological polar surface area (TPSA) is 137 Å². The third-order valence-electron chi connectivity index (χ3n) is 11.2. The van der Waals surface area contributed by atoms with Gasteiger partial charge in [-0.25, -0.2) is 0 Å². The van der Waals surface area contributed by atoms with Gasteiger partial charge in [0.1, 0.15) is 18.1 Å². The zero-order valence-electron chi connectivity index (χ0n) is 34.7. The van der Waals surface area contributed by atoms with Gasteiger partial charge < -0.3 is 26.2 Å². The van der Waals surface area contributed by atoms with Crippen LogP contribution in [0.3, 0.4) is 0 Å². The normalized spacial score (nSPS) is 17.3. The second-order valence-electron chi connectivity index (χ2n) is 17.4. The van der Waals surface area contributed by atoms with E-state index in [4.69, 9.17) is 0 Å². The Balaban J connectivity index is 1.45. The van der Waals surface area contributed by atoms with Crippen LogP contribution in [0, 0.1) is 17.3 Å². The van der Waals surface area contributed by atoms with Gasteiger partial charge in [0.05, 0.1) is 6.04 Å². The lowest BCUT2D eigenvalue weighted by Crippen LogP contribution is -2.58. The number of Topliss-reactive ketones (excluding diaryl/α,β-unsaturated/α-hetero) is 1. The minimum Gasteiger partial charge on any atom is -0.344 e. The third-order valence-corrected chi connectivity index (χ3v) is 11.2. The Morgan fingerprint density at radius 2 is 1.16 bits per heavy atom. The first-order valence-corrected chi connectivity index (χ1v) is 21.4. The standard InChI is InChI=1S/C46H69N5O5/c1-33(2)30-38(42(53)46(5)25-26-46)48-45(56)40(32-36-20-12-7-13-21-36)50-44(55)39(31-34(3)4)49-43(54)37(24-23-35-18-10-6-11-19-35)47-41(52)22-14-8-15-27-51-28-16-9-17-29-51/h6-7,10-13,18-21,33-34,37-40H,8-9,14-17,22-32H2,1-5H3,(H,47,52)(H,48,56)(H,49,54)(H,50,55)/t37-,38-,39-,40-/m0/s1. The SMILES string of the molecule is CC(C)C[C@H](NC(=O)[C@H](CCc1ccccc1)NC(=O)CCCCCN1CCCCC1)C(=O)N[C@@H](Cc1ccccc1)C(=O)N[C@@H](CC(C)C)C(=O)C1(C)CC1. The van der Waals surface area contributed by atoms with E-state index in [0.717, 1.165) is 62.9 Å². The number of hydrogen-bond acceptors (Lipinski definition) is 6. The highest BCUT2D eigenvalue weighted by Gasteiger charge is 2.48. The van der Waals surface area contributed by atoms with Gasteiger partial charge in [-0.2, -0.15) is 0 Å². The maximum atomic E-state index is 14.2. The number of amides is 4. The Morgan fingerprint density at radius 3 is 1.77 bits per heavy atom. The van der Waals surface area contributed by atoms with E-state index in [1.807, 2.05) is 95.3 Å². The van der Waals surface area contributed by atoms with Crippen LogP contribution in [0.1, 0.15) is 123 Å². The molecule has 2 aromatic rings. The highest BCUT2D eigenvalue weighted by molar-refractivity contribution is 5.97. The molecule has 0 unspecified atom stereocenters. The van der Waals surface area contributed by atoms with Crippen molar-refractivity contribution in [3.05, 3.63) is 71.8 Å². The molecule has 1 heterocycles. The molecule has 4 N–H and O–H groups in total. The van der Waals surface area contributed by atoms with E-state index in [-0.39, 0.29) is 29.9 Å². The molecule has 2 aliphatic rings. The maximum Gasteiger partial charge on any atom is 0.243 e. The van der Waals surface area contributed by atoms with Crippen LogP contribution in [-0.4, -0.2) is 78.1 Å². The number of rotatable bonds is 24. The molecule has 10 heteroatoms. The highest BCUT2D eigenvalue weighted by atomic mass is 16.2. The fourth-order valence-electron chi connectivity index (χ4n) is 7.61. The maximum absolute atomic E-state index is 14.2. The van der Waals surface area contributed by atoms with Crippen molar-refractivity contribution in [1.82, 2.24) is 26.2 Å². The van der Waals surface area contributed by atoms with Crippen molar-refractivity contribution in [3.8, 4) is 0 Å². The molecule has 1 saturated heterocycles. The molecule has 0 aromatic heterocycles. The van der Waals surface area contributed by atoms with Crippen molar-refractivity contribution in [2.75, 3.05) is 19.6 Å². The van der Waals surface area contributed by atoms with Crippen LogP contribution in [0.2, 0.25) is 0 Å². The average Bonchev–Trinajstić information content (AvgIpc) is 3.94. The summed E-state index contributed by atoms with van der Waals surface area (Å²) < 4.78 is 0. The molecule has 308 valence electrons. The summed E-state index contributed by atoms with van der Waals surface area (Å²) in [5.41, 5.74) is 1.48. The molecule has 0 bridgehead atoms. The van der Waals surface area contributed by atoms with Gasteiger partial charge in [0.2, 0.25) is 23.6 Å². The van der Waals surface area contributed by atoms with Gasteiger partial charge in [-0.1, -0.05) is 108 Å². The second-order valence-corrected chi connectivity index (χ2v) is 17.4. The van der Waals surface area contributed by atoms with Gasteiger partial charge in [0.15, 0.2) is 5.78 Å². The van der Waals surface area contributed by atoms with E-state index >= 15 is 0 Å². The van der Waals surface area contributed by atoms with E-state index in [9.17, 15) is 24.0 Å². The fourth-order valence-corrected chi connectivity index (χ4v) is 7.61. The summed E-state index contributed by atoms with van der Waals surface area (Å²) in [6.07, 6.45) is 10.5.